The van der Waals surface area contributed by atoms with Gasteiger partial charge in [0, 0.05) is 5.56 Å². The summed E-state index contributed by atoms with van der Waals surface area (Å²) < 4.78 is 0. The van der Waals surface area contributed by atoms with Crippen LogP contribution in [0.15, 0.2) is 47.8 Å². The normalized spacial score (nSPS) is 15.3. The Kier molecular flexibility index (Phi) is 5.01. The average Bonchev–Trinajstić information content (AvgIpc) is 3.13. The maximum absolute atomic E-state index is 12.2. The summed E-state index contributed by atoms with van der Waals surface area (Å²) in [5.41, 5.74) is 9.13. The standard InChI is InChI=1S/C26H28OS/c1-5-26(14-6-15-26)21-11-9-20(10-12-21)23-17(2)7-8-18(3)24(23)22-13-16-28-25(22)19(4)27/h7-13,16H,5-6,14-15H2,1-4H3. The lowest BCUT2D eigenvalue weighted by Gasteiger charge is -2.42. The minimum absolute atomic E-state index is 0.141. The highest BCUT2D eigenvalue weighted by Crippen LogP contribution is 2.47. The number of hydrogen-bond donors (Lipinski definition) is 0. The Morgan fingerprint density at radius 1 is 0.964 bits per heavy atom. The molecule has 0 radical (unpaired) electrons. The molecule has 0 bridgehead atoms. The summed E-state index contributed by atoms with van der Waals surface area (Å²) in [5.74, 6) is 0.141. The van der Waals surface area contributed by atoms with Crippen molar-refractivity contribution in [1.82, 2.24) is 0 Å². The summed E-state index contributed by atoms with van der Waals surface area (Å²) in [6.45, 7) is 8.30. The van der Waals surface area contributed by atoms with Gasteiger partial charge in [0.2, 0.25) is 0 Å². The van der Waals surface area contributed by atoms with E-state index in [2.05, 4.69) is 63.2 Å². The number of hydrogen-bond acceptors (Lipinski definition) is 2. The molecule has 1 nitrogen and oxygen atoms in total. The van der Waals surface area contributed by atoms with Crippen LogP contribution >= 0.6 is 11.3 Å². The molecule has 1 aliphatic rings. The zero-order valence-electron chi connectivity index (χ0n) is 17.3. The van der Waals surface area contributed by atoms with E-state index >= 15 is 0 Å². The van der Waals surface area contributed by atoms with Crippen LogP contribution in [0.1, 0.15) is 65.9 Å². The molecule has 1 fully saturated rings. The second kappa shape index (κ2) is 7.33. The lowest BCUT2D eigenvalue weighted by Crippen LogP contribution is -2.33. The van der Waals surface area contributed by atoms with Crippen molar-refractivity contribution in [3.05, 3.63) is 69.4 Å². The highest BCUT2D eigenvalue weighted by molar-refractivity contribution is 7.12. The maximum atomic E-state index is 12.2. The van der Waals surface area contributed by atoms with E-state index in [-0.39, 0.29) is 5.78 Å². The Balaban J connectivity index is 1.85. The first-order chi connectivity index (χ1) is 13.5. The molecule has 0 aliphatic heterocycles. The van der Waals surface area contributed by atoms with Gasteiger partial charge in [-0.05, 0) is 90.3 Å². The minimum atomic E-state index is 0.141. The third kappa shape index (κ3) is 3.04. The van der Waals surface area contributed by atoms with E-state index in [1.54, 1.807) is 18.3 Å². The molecule has 1 aromatic heterocycles. The summed E-state index contributed by atoms with van der Waals surface area (Å²) in [7, 11) is 0. The second-order valence-corrected chi connectivity index (χ2v) is 9.15. The topological polar surface area (TPSA) is 17.1 Å². The van der Waals surface area contributed by atoms with Crippen molar-refractivity contribution in [1.29, 1.82) is 0 Å². The third-order valence-electron chi connectivity index (χ3n) is 6.65. The van der Waals surface area contributed by atoms with Crippen molar-refractivity contribution < 1.29 is 4.79 Å². The number of thiophene rings is 1. The number of benzene rings is 2. The van der Waals surface area contributed by atoms with Crippen molar-refractivity contribution in [2.75, 3.05) is 0 Å². The van der Waals surface area contributed by atoms with Gasteiger partial charge in [0.25, 0.3) is 0 Å². The Hall–Kier alpha value is -2.19. The largest absolute Gasteiger partial charge is 0.294 e. The van der Waals surface area contributed by atoms with Gasteiger partial charge in [0.05, 0.1) is 4.88 Å². The molecule has 2 aromatic carbocycles. The van der Waals surface area contributed by atoms with Gasteiger partial charge in [0.1, 0.15) is 0 Å². The van der Waals surface area contributed by atoms with Gasteiger partial charge in [-0.25, -0.2) is 0 Å². The molecule has 144 valence electrons. The zero-order chi connectivity index (χ0) is 19.9. The molecule has 1 saturated carbocycles. The monoisotopic (exact) mass is 388 g/mol. The molecule has 2 heteroatoms. The fourth-order valence-electron chi connectivity index (χ4n) is 4.75. The molecule has 1 heterocycles. The van der Waals surface area contributed by atoms with Crippen LogP contribution in [0.2, 0.25) is 0 Å². The molecule has 1 aliphatic carbocycles. The number of carbonyl (C=O) groups is 1. The van der Waals surface area contributed by atoms with E-state index < -0.39 is 0 Å². The number of Topliss-reactive ketones (excluding diaryl/α,β-unsaturated/α-hetero) is 1. The fraction of sp³-hybridized carbons (Fsp3) is 0.346. The smallest absolute Gasteiger partial charge is 0.170 e. The summed E-state index contributed by atoms with van der Waals surface area (Å²) in [5, 5.41) is 2.03. The van der Waals surface area contributed by atoms with E-state index in [0.717, 1.165) is 10.4 Å². The van der Waals surface area contributed by atoms with Crippen LogP contribution in [0.4, 0.5) is 0 Å². The molecule has 0 amide bonds. The molecule has 0 atom stereocenters. The average molecular weight is 389 g/mol. The van der Waals surface area contributed by atoms with E-state index in [0.29, 0.717) is 5.41 Å². The van der Waals surface area contributed by atoms with Gasteiger partial charge in [-0.1, -0.05) is 49.7 Å². The first-order valence-electron chi connectivity index (χ1n) is 10.3. The molecule has 0 saturated heterocycles. The van der Waals surface area contributed by atoms with Gasteiger partial charge in [-0.2, -0.15) is 0 Å². The van der Waals surface area contributed by atoms with E-state index in [1.165, 1.54) is 59.1 Å². The maximum Gasteiger partial charge on any atom is 0.170 e. The summed E-state index contributed by atoms with van der Waals surface area (Å²) in [4.78, 5) is 13.0. The molecule has 3 aromatic rings. The summed E-state index contributed by atoms with van der Waals surface area (Å²) in [6.07, 6.45) is 5.20. The zero-order valence-corrected chi connectivity index (χ0v) is 18.1. The lowest BCUT2D eigenvalue weighted by molar-refractivity contribution is 0.102. The molecule has 0 N–H and O–H groups in total. The molecule has 28 heavy (non-hydrogen) atoms. The van der Waals surface area contributed by atoms with Crippen LogP contribution in [0.3, 0.4) is 0 Å². The lowest BCUT2D eigenvalue weighted by atomic mass is 9.63. The summed E-state index contributed by atoms with van der Waals surface area (Å²) >= 11 is 1.54. The Morgan fingerprint density at radius 2 is 1.61 bits per heavy atom. The highest BCUT2D eigenvalue weighted by Gasteiger charge is 2.36. The van der Waals surface area contributed by atoms with Crippen molar-refractivity contribution in [3.63, 3.8) is 0 Å². The number of aryl methyl sites for hydroxylation is 2. The Bertz CT molecular complexity index is 1010. The first kappa shape index (κ1) is 19.1. The fourth-order valence-corrected chi connectivity index (χ4v) is 5.55. The third-order valence-corrected chi connectivity index (χ3v) is 7.66. The number of carbonyl (C=O) groups excluding carboxylic acids is 1. The van der Waals surface area contributed by atoms with Gasteiger partial charge in [-0.15, -0.1) is 11.3 Å². The molecular formula is C26H28OS. The van der Waals surface area contributed by atoms with E-state index in [9.17, 15) is 4.79 Å². The minimum Gasteiger partial charge on any atom is -0.294 e. The van der Waals surface area contributed by atoms with Crippen molar-refractivity contribution >= 4 is 17.1 Å². The predicted octanol–water partition coefficient (Wildman–Crippen LogP) is 7.73. The van der Waals surface area contributed by atoms with Crippen molar-refractivity contribution in [2.24, 2.45) is 0 Å². The quantitative estimate of drug-likeness (QED) is 0.409. The molecular weight excluding hydrogens is 360 g/mol. The number of ketones is 1. The van der Waals surface area contributed by atoms with E-state index in [4.69, 9.17) is 0 Å². The van der Waals surface area contributed by atoms with Crippen LogP contribution < -0.4 is 0 Å². The van der Waals surface area contributed by atoms with Crippen molar-refractivity contribution in [3.8, 4) is 22.3 Å². The second-order valence-electron chi connectivity index (χ2n) is 8.23. The van der Waals surface area contributed by atoms with Crippen LogP contribution in [-0.4, -0.2) is 5.78 Å². The SMILES string of the molecule is CCC1(c2ccc(-c3c(C)ccc(C)c3-c3ccsc3C(C)=O)cc2)CCC1. The van der Waals surface area contributed by atoms with Gasteiger partial charge >= 0.3 is 0 Å². The van der Waals surface area contributed by atoms with Crippen LogP contribution in [-0.2, 0) is 5.41 Å². The van der Waals surface area contributed by atoms with Crippen LogP contribution in [0, 0.1) is 13.8 Å². The summed E-state index contributed by atoms with van der Waals surface area (Å²) in [6, 6.07) is 15.7. The Labute approximate surface area is 172 Å². The van der Waals surface area contributed by atoms with Crippen LogP contribution in [0.5, 0.6) is 0 Å². The Morgan fingerprint density at radius 3 is 2.14 bits per heavy atom. The van der Waals surface area contributed by atoms with Crippen LogP contribution in [0.25, 0.3) is 22.3 Å². The van der Waals surface area contributed by atoms with Gasteiger partial charge in [-0.3, -0.25) is 4.79 Å². The molecule has 0 unspecified atom stereocenters. The van der Waals surface area contributed by atoms with Gasteiger partial charge in [0.15, 0.2) is 5.78 Å². The van der Waals surface area contributed by atoms with E-state index in [1.807, 2.05) is 5.38 Å². The predicted molar refractivity (Wildman–Crippen MR) is 120 cm³/mol. The highest BCUT2D eigenvalue weighted by atomic mass is 32.1. The van der Waals surface area contributed by atoms with Gasteiger partial charge < -0.3 is 0 Å². The number of rotatable bonds is 5. The molecule has 0 spiro atoms. The first-order valence-corrected chi connectivity index (χ1v) is 11.1. The van der Waals surface area contributed by atoms with Crippen molar-refractivity contribution in [2.45, 2.75) is 58.8 Å². The molecule has 4 rings (SSSR count).